The van der Waals surface area contributed by atoms with Crippen molar-refractivity contribution < 1.29 is 33.1 Å². The number of hydrogen-bond donors (Lipinski definition) is 1. The lowest BCUT2D eigenvalue weighted by molar-refractivity contribution is -0.174. The Morgan fingerprint density at radius 3 is 2.51 bits per heavy atom. The number of rotatable bonds is 8. The predicted octanol–water partition coefficient (Wildman–Crippen LogP) is 2.18. The van der Waals surface area contributed by atoms with E-state index in [-0.39, 0.29) is 17.9 Å². The molecule has 0 radical (unpaired) electrons. The molecule has 9 heteroatoms. The first kappa shape index (κ1) is 25.9. The van der Waals surface area contributed by atoms with Crippen LogP contribution < -0.4 is 5.32 Å². The molecule has 1 unspecified atom stereocenters. The Morgan fingerprint density at radius 1 is 1.20 bits per heavy atom. The van der Waals surface area contributed by atoms with Crippen LogP contribution in [-0.2, 0) is 19.1 Å². The van der Waals surface area contributed by atoms with Gasteiger partial charge in [0.05, 0.1) is 5.56 Å². The first-order chi connectivity index (χ1) is 16.8. The standard InChI is InChI=1S/C26H28N2O7/c1-26(25(32)27-2,22(30)17-35-23-6-4-5-13-33-23)28(3)24(31)20-11-9-18(10-12-20)7-8-19-14-21(15-29)34-16-19/h9-12,14-16,23H,4-6,13,17H2,1-3H3,(H,27,32)/t23?,26-/m1/s1. The minimum absolute atomic E-state index is 0.184. The molecule has 1 aromatic heterocycles. The van der Waals surface area contributed by atoms with Crippen molar-refractivity contribution in [1.29, 1.82) is 0 Å². The Bertz CT molecular complexity index is 1140. The lowest BCUT2D eigenvalue weighted by atomic mass is 9.92. The second-order valence-electron chi connectivity index (χ2n) is 8.23. The second kappa shape index (κ2) is 11.6. The van der Waals surface area contributed by atoms with Gasteiger partial charge in [0.25, 0.3) is 11.8 Å². The van der Waals surface area contributed by atoms with Gasteiger partial charge in [0.15, 0.2) is 29.7 Å². The lowest BCUT2D eigenvalue weighted by Crippen LogP contribution is -2.62. The zero-order chi connectivity index (χ0) is 25.4. The van der Waals surface area contributed by atoms with E-state index in [2.05, 4.69) is 17.2 Å². The van der Waals surface area contributed by atoms with Crippen LogP contribution in [0, 0.1) is 11.8 Å². The van der Waals surface area contributed by atoms with Gasteiger partial charge in [-0.25, -0.2) is 0 Å². The van der Waals surface area contributed by atoms with Crippen molar-refractivity contribution in [3.8, 4) is 11.8 Å². The average Bonchev–Trinajstić information content (AvgIpc) is 3.37. The second-order valence-corrected chi connectivity index (χ2v) is 8.23. The molecule has 1 aromatic carbocycles. The van der Waals surface area contributed by atoms with Gasteiger partial charge in [-0.05, 0) is 50.5 Å². The maximum atomic E-state index is 13.2. The van der Waals surface area contributed by atoms with E-state index >= 15 is 0 Å². The molecule has 1 fully saturated rings. The maximum Gasteiger partial charge on any atom is 0.254 e. The van der Waals surface area contributed by atoms with Crippen LogP contribution in [0.2, 0.25) is 0 Å². The van der Waals surface area contributed by atoms with Gasteiger partial charge in [0.1, 0.15) is 12.9 Å². The average molecular weight is 481 g/mol. The van der Waals surface area contributed by atoms with E-state index < -0.39 is 29.4 Å². The Labute approximate surface area is 203 Å². The summed E-state index contributed by atoms with van der Waals surface area (Å²) in [5.74, 6) is 4.29. The third-order valence-corrected chi connectivity index (χ3v) is 5.94. The first-order valence-electron chi connectivity index (χ1n) is 11.2. The number of nitrogens with one attached hydrogen (secondary N) is 1. The van der Waals surface area contributed by atoms with Gasteiger partial charge < -0.3 is 24.1 Å². The maximum absolute atomic E-state index is 13.2. The van der Waals surface area contributed by atoms with Crippen molar-refractivity contribution in [2.24, 2.45) is 0 Å². The normalized spacial score (nSPS) is 16.8. The minimum Gasteiger partial charge on any atom is -0.460 e. The van der Waals surface area contributed by atoms with Crippen LogP contribution in [0.1, 0.15) is 58.2 Å². The molecule has 35 heavy (non-hydrogen) atoms. The molecular weight excluding hydrogens is 452 g/mol. The van der Waals surface area contributed by atoms with E-state index in [9.17, 15) is 19.2 Å². The fraction of sp³-hybridized carbons (Fsp3) is 0.385. The molecule has 2 aromatic rings. The smallest absolute Gasteiger partial charge is 0.254 e. The number of Topliss-reactive ketones (excluding diaryl/α,β-unsaturated/α-hetero) is 1. The molecule has 2 heterocycles. The molecule has 3 rings (SSSR count). The third kappa shape index (κ3) is 6.04. The Hall–Kier alpha value is -3.74. The fourth-order valence-electron chi connectivity index (χ4n) is 3.58. The Kier molecular flexibility index (Phi) is 8.58. The number of nitrogens with zero attached hydrogens (tertiary/aromatic N) is 1. The van der Waals surface area contributed by atoms with Crippen LogP contribution in [0.5, 0.6) is 0 Å². The zero-order valence-electron chi connectivity index (χ0n) is 20.0. The molecule has 0 saturated carbocycles. The van der Waals surface area contributed by atoms with Gasteiger partial charge in [-0.3, -0.25) is 19.2 Å². The molecule has 184 valence electrons. The van der Waals surface area contributed by atoms with Gasteiger partial charge in [-0.15, -0.1) is 0 Å². The van der Waals surface area contributed by atoms with Crippen LogP contribution in [0.15, 0.2) is 41.0 Å². The summed E-state index contributed by atoms with van der Waals surface area (Å²) in [6, 6.07) is 7.95. The topological polar surface area (TPSA) is 115 Å². The number of ether oxygens (including phenoxy) is 2. The molecule has 1 aliphatic rings. The van der Waals surface area contributed by atoms with Crippen LogP contribution in [0.25, 0.3) is 0 Å². The minimum atomic E-state index is -1.78. The van der Waals surface area contributed by atoms with E-state index in [4.69, 9.17) is 13.9 Å². The number of amides is 2. The summed E-state index contributed by atoms with van der Waals surface area (Å²) in [4.78, 5) is 50.8. The number of hydrogen-bond acceptors (Lipinski definition) is 7. The lowest BCUT2D eigenvalue weighted by Gasteiger charge is -2.36. The molecule has 1 saturated heterocycles. The Balaban J connectivity index is 1.73. The summed E-state index contributed by atoms with van der Waals surface area (Å²) in [7, 11) is 2.81. The Morgan fingerprint density at radius 2 is 1.91 bits per heavy atom. The van der Waals surface area contributed by atoms with Crippen molar-refractivity contribution >= 4 is 23.9 Å². The molecule has 0 spiro atoms. The van der Waals surface area contributed by atoms with E-state index in [1.54, 1.807) is 24.3 Å². The zero-order valence-corrected chi connectivity index (χ0v) is 20.0. The van der Waals surface area contributed by atoms with E-state index in [1.165, 1.54) is 33.3 Å². The molecule has 1 N–H and O–H groups in total. The fourth-order valence-corrected chi connectivity index (χ4v) is 3.58. The number of benzene rings is 1. The summed E-state index contributed by atoms with van der Waals surface area (Å²) in [5, 5.41) is 2.47. The molecule has 9 nitrogen and oxygen atoms in total. The summed E-state index contributed by atoms with van der Waals surface area (Å²) in [6.45, 7) is 1.60. The number of likely N-dealkylation sites (N-methyl/N-ethyl adjacent to an activating group) is 2. The number of carbonyl (C=O) groups is 4. The predicted molar refractivity (Wildman–Crippen MR) is 126 cm³/mol. The highest BCUT2D eigenvalue weighted by molar-refractivity contribution is 6.14. The van der Waals surface area contributed by atoms with Gasteiger partial charge in [0, 0.05) is 37.9 Å². The van der Waals surface area contributed by atoms with Crippen molar-refractivity contribution in [3.05, 3.63) is 59.0 Å². The number of ketones is 1. The van der Waals surface area contributed by atoms with Crippen molar-refractivity contribution in [1.82, 2.24) is 10.2 Å². The van der Waals surface area contributed by atoms with Crippen molar-refractivity contribution in [2.75, 3.05) is 27.3 Å². The molecule has 2 amide bonds. The number of carbonyl (C=O) groups excluding carboxylic acids is 4. The van der Waals surface area contributed by atoms with Crippen molar-refractivity contribution in [2.45, 2.75) is 38.0 Å². The van der Waals surface area contributed by atoms with Gasteiger partial charge in [-0.1, -0.05) is 11.8 Å². The van der Waals surface area contributed by atoms with Gasteiger partial charge in [-0.2, -0.15) is 0 Å². The quantitative estimate of drug-likeness (QED) is 0.350. The van der Waals surface area contributed by atoms with Crippen molar-refractivity contribution in [3.63, 3.8) is 0 Å². The van der Waals surface area contributed by atoms with E-state index in [1.807, 2.05) is 0 Å². The van der Waals surface area contributed by atoms with E-state index in [0.29, 0.717) is 30.4 Å². The van der Waals surface area contributed by atoms with Gasteiger partial charge in [0.2, 0.25) is 0 Å². The van der Waals surface area contributed by atoms with Crippen LogP contribution in [0.3, 0.4) is 0 Å². The highest BCUT2D eigenvalue weighted by Crippen LogP contribution is 2.21. The molecule has 2 atom stereocenters. The summed E-state index contributed by atoms with van der Waals surface area (Å²) in [6.07, 6.45) is 4.03. The van der Waals surface area contributed by atoms with Gasteiger partial charge >= 0.3 is 0 Å². The first-order valence-corrected chi connectivity index (χ1v) is 11.2. The van der Waals surface area contributed by atoms with Crippen LogP contribution in [-0.4, -0.2) is 67.9 Å². The molecular formula is C26H28N2O7. The SMILES string of the molecule is CNC(=O)[C@@](C)(C(=O)COC1CCCCO1)N(C)C(=O)c1ccc(C#Cc2coc(C=O)c2)cc1. The highest BCUT2D eigenvalue weighted by atomic mass is 16.7. The monoisotopic (exact) mass is 480 g/mol. The largest absolute Gasteiger partial charge is 0.460 e. The number of furan rings is 1. The number of aldehydes is 1. The van der Waals surface area contributed by atoms with Crippen LogP contribution in [0.4, 0.5) is 0 Å². The summed E-state index contributed by atoms with van der Waals surface area (Å²) in [5.41, 5.74) is -0.322. The van der Waals surface area contributed by atoms with Crippen LogP contribution >= 0.6 is 0 Å². The molecule has 0 aliphatic carbocycles. The van der Waals surface area contributed by atoms with E-state index in [0.717, 1.165) is 17.7 Å². The third-order valence-electron chi connectivity index (χ3n) is 5.94. The summed E-state index contributed by atoms with van der Waals surface area (Å²) >= 11 is 0. The summed E-state index contributed by atoms with van der Waals surface area (Å²) < 4.78 is 16.1. The highest BCUT2D eigenvalue weighted by Gasteiger charge is 2.46. The molecule has 1 aliphatic heterocycles. The molecule has 0 bridgehead atoms.